The molecule has 1 atom stereocenters. The average Bonchev–Trinajstić information content (AvgIpc) is 3.02. The van der Waals surface area contributed by atoms with Gasteiger partial charge in [0.2, 0.25) is 0 Å². The first-order valence-corrected chi connectivity index (χ1v) is 8.42. The fourth-order valence-corrected chi connectivity index (χ4v) is 3.79. The number of nitrogens with zero attached hydrogens (tertiary/aromatic N) is 2. The molecule has 108 valence electrons. The van der Waals surface area contributed by atoms with Crippen LogP contribution in [-0.2, 0) is 7.05 Å². The monoisotopic (exact) mass is 327 g/mol. The van der Waals surface area contributed by atoms with Gasteiger partial charge in [0, 0.05) is 7.05 Å². The molecule has 19 heavy (non-hydrogen) atoms. The van der Waals surface area contributed by atoms with E-state index in [1.165, 1.54) is 50.6 Å². The Morgan fingerprint density at radius 1 is 1.47 bits per heavy atom. The number of halogens is 1. The minimum Gasteiger partial charge on any atom is -0.309 e. The van der Waals surface area contributed by atoms with Crippen LogP contribution in [0.5, 0.6) is 0 Å². The van der Waals surface area contributed by atoms with Gasteiger partial charge < -0.3 is 5.32 Å². The van der Waals surface area contributed by atoms with Crippen LogP contribution in [-0.4, -0.2) is 16.3 Å². The number of hydrogen-bond donors (Lipinski definition) is 1. The van der Waals surface area contributed by atoms with Crippen LogP contribution in [0.3, 0.4) is 0 Å². The van der Waals surface area contributed by atoms with Gasteiger partial charge in [0.05, 0.1) is 22.4 Å². The zero-order valence-corrected chi connectivity index (χ0v) is 13.7. The lowest BCUT2D eigenvalue weighted by Crippen LogP contribution is -2.25. The number of aromatic nitrogens is 2. The van der Waals surface area contributed by atoms with E-state index in [0.29, 0.717) is 6.04 Å². The fraction of sp³-hybridized carbons (Fsp3) is 0.800. The van der Waals surface area contributed by atoms with Crippen molar-refractivity contribution >= 4 is 15.9 Å². The summed E-state index contributed by atoms with van der Waals surface area (Å²) in [5, 5.41) is 8.04. The van der Waals surface area contributed by atoms with Gasteiger partial charge in [-0.1, -0.05) is 32.6 Å². The molecule has 0 amide bonds. The van der Waals surface area contributed by atoms with Crippen molar-refractivity contribution in [3.8, 4) is 0 Å². The van der Waals surface area contributed by atoms with Gasteiger partial charge in [0.1, 0.15) is 0 Å². The third-order valence-corrected chi connectivity index (χ3v) is 4.86. The maximum Gasteiger partial charge on any atom is 0.0692 e. The molecular weight excluding hydrogens is 302 g/mol. The van der Waals surface area contributed by atoms with Crippen molar-refractivity contribution in [2.24, 2.45) is 13.0 Å². The molecule has 0 aliphatic heterocycles. The van der Waals surface area contributed by atoms with Crippen molar-refractivity contribution in [3.63, 3.8) is 0 Å². The van der Waals surface area contributed by atoms with Crippen molar-refractivity contribution in [1.82, 2.24) is 15.1 Å². The molecule has 1 heterocycles. The summed E-state index contributed by atoms with van der Waals surface area (Å²) in [6, 6.07) is 0.433. The Labute approximate surface area is 125 Å². The third-order valence-electron chi connectivity index (χ3n) is 4.25. The van der Waals surface area contributed by atoms with Crippen molar-refractivity contribution in [2.45, 2.75) is 57.9 Å². The molecule has 0 saturated heterocycles. The second-order valence-electron chi connectivity index (χ2n) is 5.74. The van der Waals surface area contributed by atoms with Crippen molar-refractivity contribution < 1.29 is 0 Å². The summed E-state index contributed by atoms with van der Waals surface area (Å²) in [6.07, 6.45) is 11.4. The molecule has 1 fully saturated rings. The average molecular weight is 328 g/mol. The first-order chi connectivity index (χ1) is 9.22. The fourth-order valence-electron chi connectivity index (χ4n) is 3.17. The van der Waals surface area contributed by atoms with Gasteiger partial charge in [-0.3, -0.25) is 4.68 Å². The minimum atomic E-state index is 0.433. The van der Waals surface area contributed by atoms with Gasteiger partial charge in [-0.15, -0.1) is 0 Å². The molecule has 0 bridgehead atoms. The van der Waals surface area contributed by atoms with Crippen molar-refractivity contribution in [1.29, 1.82) is 0 Å². The Morgan fingerprint density at radius 3 is 2.79 bits per heavy atom. The molecule has 1 aliphatic carbocycles. The molecule has 1 N–H and O–H groups in total. The largest absolute Gasteiger partial charge is 0.309 e. The standard InChI is InChI=1S/C15H26BrN3/c1-3-10-17-14(9-8-12-6-4-5-7-12)15-13(16)11-18-19(15)2/h11-12,14,17H,3-10H2,1-2H3. The highest BCUT2D eigenvalue weighted by Gasteiger charge is 2.21. The van der Waals surface area contributed by atoms with Crippen LogP contribution < -0.4 is 5.32 Å². The molecule has 0 radical (unpaired) electrons. The van der Waals surface area contributed by atoms with Gasteiger partial charge in [-0.25, -0.2) is 0 Å². The quantitative estimate of drug-likeness (QED) is 0.813. The third kappa shape index (κ3) is 4.06. The van der Waals surface area contributed by atoms with Gasteiger partial charge >= 0.3 is 0 Å². The van der Waals surface area contributed by atoms with E-state index in [0.717, 1.165) is 16.9 Å². The summed E-state index contributed by atoms with van der Waals surface area (Å²) in [6.45, 7) is 3.30. The number of hydrogen-bond acceptors (Lipinski definition) is 2. The molecular formula is C15H26BrN3. The lowest BCUT2D eigenvalue weighted by atomic mass is 9.97. The van der Waals surface area contributed by atoms with Crippen LogP contribution in [0, 0.1) is 5.92 Å². The van der Waals surface area contributed by atoms with Crippen LogP contribution in [0.4, 0.5) is 0 Å². The second-order valence-corrected chi connectivity index (χ2v) is 6.59. The summed E-state index contributed by atoms with van der Waals surface area (Å²) in [5.74, 6) is 0.956. The summed E-state index contributed by atoms with van der Waals surface area (Å²) >= 11 is 3.64. The predicted molar refractivity (Wildman–Crippen MR) is 83.1 cm³/mol. The zero-order valence-electron chi connectivity index (χ0n) is 12.2. The lowest BCUT2D eigenvalue weighted by molar-refractivity contribution is 0.397. The Morgan fingerprint density at radius 2 is 2.21 bits per heavy atom. The lowest BCUT2D eigenvalue weighted by Gasteiger charge is -2.21. The smallest absolute Gasteiger partial charge is 0.0692 e. The molecule has 0 aromatic carbocycles. The van der Waals surface area contributed by atoms with Crippen LogP contribution in [0.1, 0.15) is 63.6 Å². The Balaban J connectivity index is 1.98. The van der Waals surface area contributed by atoms with E-state index in [1.54, 1.807) is 0 Å². The first kappa shape index (κ1) is 15.0. The molecule has 1 saturated carbocycles. The summed E-state index contributed by atoms with van der Waals surface area (Å²) in [7, 11) is 2.04. The highest BCUT2D eigenvalue weighted by atomic mass is 79.9. The van der Waals surface area contributed by atoms with E-state index in [2.05, 4.69) is 33.3 Å². The van der Waals surface area contributed by atoms with Crippen LogP contribution in [0.25, 0.3) is 0 Å². The normalized spacial score (nSPS) is 18.1. The number of nitrogens with one attached hydrogen (secondary N) is 1. The van der Waals surface area contributed by atoms with Crippen LogP contribution in [0.2, 0.25) is 0 Å². The van der Waals surface area contributed by atoms with E-state index in [9.17, 15) is 0 Å². The summed E-state index contributed by atoms with van der Waals surface area (Å²) in [5.41, 5.74) is 1.30. The molecule has 1 aliphatic rings. The molecule has 1 aromatic heterocycles. The van der Waals surface area contributed by atoms with Crippen LogP contribution in [0.15, 0.2) is 10.7 Å². The zero-order chi connectivity index (χ0) is 13.7. The van der Waals surface area contributed by atoms with E-state index in [-0.39, 0.29) is 0 Å². The Hall–Kier alpha value is -0.350. The number of rotatable bonds is 7. The highest BCUT2D eigenvalue weighted by molar-refractivity contribution is 9.10. The van der Waals surface area contributed by atoms with Crippen LogP contribution >= 0.6 is 15.9 Å². The minimum absolute atomic E-state index is 0.433. The predicted octanol–water partition coefficient (Wildman–Crippen LogP) is 4.19. The molecule has 0 spiro atoms. The topological polar surface area (TPSA) is 29.9 Å². The molecule has 1 aromatic rings. The van der Waals surface area contributed by atoms with E-state index in [1.807, 2.05) is 17.9 Å². The number of aryl methyl sites for hydroxylation is 1. The van der Waals surface area contributed by atoms with Crippen molar-refractivity contribution in [2.75, 3.05) is 6.54 Å². The SMILES string of the molecule is CCCNC(CCC1CCCC1)c1c(Br)cnn1C. The van der Waals surface area contributed by atoms with Gasteiger partial charge in [0.15, 0.2) is 0 Å². The first-order valence-electron chi connectivity index (χ1n) is 7.63. The highest BCUT2D eigenvalue weighted by Crippen LogP contribution is 2.33. The maximum absolute atomic E-state index is 4.35. The van der Waals surface area contributed by atoms with E-state index < -0.39 is 0 Å². The van der Waals surface area contributed by atoms with Gasteiger partial charge in [0.25, 0.3) is 0 Å². The van der Waals surface area contributed by atoms with E-state index >= 15 is 0 Å². The van der Waals surface area contributed by atoms with Gasteiger partial charge in [-0.05, 0) is 47.7 Å². The summed E-state index contributed by atoms with van der Waals surface area (Å²) < 4.78 is 3.14. The van der Waals surface area contributed by atoms with Crippen molar-refractivity contribution in [3.05, 3.63) is 16.4 Å². The molecule has 1 unspecified atom stereocenters. The molecule has 3 nitrogen and oxygen atoms in total. The summed E-state index contributed by atoms with van der Waals surface area (Å²) in [4.78, 5) is 0. The maximum atomic E-state index is 4.35. The second kappa shape index (κ2) is 7.44. The van der Waals surface area contributed by atoms with Gasteiger partial charge in [-0.2, -0.15) is 5.10 Å². The van der Waals surface area contributed by atoms with E-state index in [4.69, 9.17) is 0 Å². The molecule has 4 heteroatoms. The molecule has 2 rings (SSSR count). The Bertz CT molecular complexity index is 363. The Kier molecular flexibility index (Phi) is 5.89.